The van der Waals surface area contributed by atoms with E-state index in [2.05, 4.69) is 20.3 Å². The summed E-state index contributed by atoms with van der Waals surface area (Å²) < 4.78 is 13.5. The van der Waals surface area contributed by atoms with Gasteiger partial charge in [0.25, 0.3) is 5.91 Å². The molecule has 140 valence electrons. The van der Waals surface area contributed by atoms with Crippen LogP contribution in [-0.2, 0) is 16.0 Å². The fraction of sp³-hybridized carbons (Fsp3) is 0.158. The van der Waals surface area contributed by atoms with Crippen molar-refractivity contribution in [3.8, 4) is 0 Å². The number of amides is 1. The minimum Gasteiger partial charge on any atom is -0.357 e. The highest BCUT2D eigenvalue weighted by Gasteiger charge is 2.36. The van der Waals surface area contributed by atoms with E-state index in [9.17, 15) is 13.5 Å². The molecule has 2 aromatic carbocycles. The highest BCUT2D eigenvalue weighted by molar-refractivity contribution is 7.94. The first-order valence-corrected chi connectivity index (χ1v) is 9.22. The van der Waals surface area contributed by atoms with Crippen LogP contribution in [0.1, 0.15) is 22.9 Å². The van der Waals surface area contributed by atoms with Gasteiger partial charge in [-0.05, 0) is 40.3 Å². The lowest BCUT2D eigenvalue weighted by Gasteiger charge is -2.31. The van der Waals surface area contributed by atoms with E-state index >= 15 is 0 Å². The first-order valence-electron chi connectivity index (χ1n) is 8.50. The average Bonchev–Trinajstić information content (AvgIpc) is 3.11. The standard InChI is InChI=1S/C19H14FN5O2S/c20-28-15-8-4-2-6-11(15)16-17-12(10-5-1-3-7-13(10)22-17)9-14(23-16)18(26)19(27)24-25-21/h1-8,14,16,22-23H,9H2/t14-,16+/m1/s1. The van der Waals surface area contributed by atoms with Gasteiger partial charge in [0.05, 0.1) is 24.2 Å². The average molecular weight is 395 g/mol. The molecule has 1 aliphatic heterocycles. The molecule has 0 saturated heterocycles. The predicted octanol–water partition coefficient (Wildman–Crippen LogP) is 4.15. The SMILES string of the molecule is [N-]=[N+]=NC(=O)C(=O)[C@H]1Cc2c([nH]c3ccccc23)[C@H](c2ccccc2SF)N1. The lowest BCUT2D eigenvalue weighted by atomic mass is 9.88. The number of aromatic amines is 1. The molecule has 1 aliphatic rings. The lowest BCUT2D eigenvalue weighted by molar-refractivity contribution is -0.137. The molecule has 0 unspecified atom stereocenters. The molecule has 9 heteroatoms. The zero-order valence-corrected chi connectivity index (χ0v) is 15.2. The van der Waals surface area contributed by atoms with Crippen LogP contribution < -0.4 is 5.32 Å². The highest BCUT2D eigenvalue weighted by Crippen LogP contribution is 2.38. The molecule has 1 aromatic heterocycles. The van der Waals surface area contributed by atoms with Gasteiger partial charge < -0.3 is 4.98 Å². The largest absolute Gasteiger partial charge is 0.357 e. The van der Waals surface area contributed by atoms with E-state index in [1.165, 1.54) is 0 Å². The van der Waals surface area contributed by atoms with Gasteiger partial charge in [-0.25, -0.2) is 0 Å². The van der Waals surface area contributed by atoms with Crippen molar-refractivity contribution >= 4 is 34.7 Å². The molecule has 0 saturated carbocycles. The van der Waals surface area contributed by atoms with Crippen LogP contribution in [0.15, 0.2) is 58.5 Å². The molecular formula is C19H14FN5O2S. The van der Waals surface area contributed by atoms with E-state index < -0.39 is 23.8 Å². The molecule has 2 atom stereocenters. The van der Waals surface area contributed by atoms with Gasteiger partial charge >= 0.3 is 0 Å². The normalized spacial score (nSPS) is 18.3. The van der Waals surface area contributed by atoms with Crippen LogP contribution in [0.4, 0.5) is 3.89 Å². The molecular weight excluding hydrogens is 381 g/mol. The number of rotatable bonds is 4. The van der Waals surface area contributed by atoms with Crippen LogP contribution in [0.25, 0.3) is 21.3 Å². The number of fused-ring (bicyclic) bond motifs is 3. The topological polar surface area (TPSA) is 111 Å². The number of H-pyrrole nitrogens is 1. The first-order chi connectivity index (χ1) is 13.6. The Hall–Kier alpha value is -3.13. The molecule has 0 aliphatic carbocycles. The van der Waals surface area contributed by atoms with Gasteiger partial charge in [-0.15, -0.1) is 0 Å². The number of nitrogens with one attached hydrogen (secondary N) is 2. The van der Waals surface area contributed by atoms with E-state index in [4.69, 9.17) is 5.53 Å². The summed E-state index contributed by atoms with van der Waals surface area (Å²) in [5.41, 5.74) is 11.7. The number of hydrogen-bond donors (Lipinski definition) is 2. The molecule has 0 fully saturated rings. The van der Waals surface area contributed by atoms with Crippen LogP contribution >= 0.6 is 12.1 Å². The summed E-state index contributed by atoms with van der Waals surface area (Å²) in [5.74, 6) is -1.96. The third-order valence-corrected chi connectivity index (χ3v) is 5.43. The second-order valence-corrected chi connectivity index (χ2v) is 6.99. The van der Waals surface area contributed by atoms with Crippen molar-refractivity contribution in [3.63, 3.8) is 0 Å². The van der Waals surface area contributed by atoms with Gasteiger partial charge in [-0.2, -0.15) is 3.89 Å². The monoisotopic (exact) mass is 395 g/mol. The minimum absolute atomic E-state index is 0.122. The number of azide groups is 1. The molecule has 3 aromatic rings. The summed E-state index contributed by atoms with van der Waals surface area (Å²) in [4.78, 5) is 30.5. The van der Waals surface area contributed by atoms with Crippen molar-refractivity contribution in [2.45, 2.75) is 23.4 Å². The molecule has 0 radical (unpaired) electrons. The summed E-state index contributed by atoms with van der Waals surface area (Å²) in [7, 11) is 0. The van der Waals surface area contributed by atoms with E-state index in [1.54, 1.807) is 24.3 Å². The third-order valence-electron chi connectivity index (χ3n) is 4.89. The van der Waals surface area contributed by atoms with E-state index in [1.807, 2.05) is 24.3 Å². The Balaban J connectivity index is 1.87. The van der Waals surface area contributed by atoms with Crippen LogP contribution in [0, 0.1) is 0 Å². The van der Waals surface area contributed by atoms with Gasteiger partial charge in [-0.1, -0.05) is 36.4 Å². The Kier molecular flexibility index (Phi) is 4.87. The summed E-state index contributed by atoms with van der Waals surface area (Å²) in [6, 6.07) is 13.2. The number of Topliss-reactive ketones (excluding diaryl/α,β-unsaturated/α-hetero) is 1. The van der Waals surface area contributed by atoms with Crippen LogP contribution in [-0.4, -0.2) is 22.7 Å². The van der Waals surface area contributed by atoms with Gasteiger partial charge in [0.15, 0.2) is 0 Å². The number of para-hydroxylation sites is 1. The van der Waals surface area contributed by atoms with Crippen molar-refractivity contribution in [2.75, 3.05) is 0 Å². The highest BCUT2D eigenvalue weighted by atomic mass is 32.2. The third kappa shape index (κ3) is 3.05. The van der Waals surface area contributed by atoms with Gasteiger partial charge in [-0.3, -0.25) is 14.9 Å². The predicted molar refractivity (Wildman–Crippen MR) is 103 cm³/mol. The zero-order chi connectivity index (χ0) is 19.7. The molecule has 2 N–H and O–H groups in total. The number of nitrogens with zero attached hydrogens (tertiary/aromatic N) is 3. The number of benzene rings is 2. The molecule has 0 bridgehead atoms. The van der Waals surface area contributed by atoms with Crippen LogP contribution in [0.3, 0.4) is 0 Å². The number of carbonyl (C=O) groups excluding carboxylic acids is 2. The zero-order valence-electron chi connectivity index (χ0n) is 14.4. The Morgan fingerprint density at radius 1 is 1.18 bits per heavy atom. The number of aromatic nitrogens is 1. The number of ketones is 1. The first kappa shape index (κ1) is 18.2. The van der Waals surface area contributed by atoms with Crippen molar-refractivity contribution < 1.29 is 13.5 Å². The Morgan fingerprint density at radius 2 is 1.93 bits per heavy atom. The van der Waals surface area contributed by atoms with Crippen molar-refractivity contribution in [1.29, 1.82) is 0 Å². The Bertz CT molecular complexity index is 1140. The summed E-state index contributed by atoms with van der Waals surface area (Å²) in [5, 5.41) is 6.99. The maximum absolute atomic E-state index is 13.5. The van der Waals surface area contributed by atoms with Gasteiger partial charge in [0.1, 0.15) is 0 Å². The van der Waals surface area contributed by atoms with Gasteiger partial charge in [0, 0.05) is 26.4 Å². The maximum atomic E-state index is 13.5. The van der Waals surface area contributed by atoms with Crippen molar-refractivity contribution in [1.82, 2.24) is 10.3 Å². The number of halogens is 1. The molecule has 2 heterocycles. The second-order valence-electron chi connectivity index (χ2n) is 6.39. The molecule has 4 rings (SSSR count). The number of carbonyl (C=O) groups is 2. The molecule has 28 heavy (non-hydrogen) atoms. The van der Waals surface area contributed by atoms with Gasteiger partial charge in [0.2, 0.25) is 5.78 Å². The fourth-order valence-electron chi connectivity index (χ4n) is 3.68. The number of hydrogen-bond acceptors (Lipinski definition) is 4. The van der Waals surface area contributed by atoms with Crippen molar-refractivity contribution in [2.24, 2.45) is 5.11 Å². The summed E-state index contributed by atoms with van der Waals surface area (Å²) in [6.07, 6.45) is 0.256. The smallest absolute Gasteiger partial charge is 0.286 e. The van der Waals surface area contributed by atoms with E-state index in [-0.39, 0.29) is 18.6 Å². The minimum atomic E-state index is -1.14. The maximum Gasteiger partial charge on any atom is 0.286 e. The summed E-state index contributed by atoms with van der Waals surface area (Å²) in [6.45, 7) is 0. The lowest BCUT2D eigenvalue weighted by Crippen LogP contribution is -2.47. The van der Waals surface area contributed by atoms with E-state index in [0.717, 1.165) is 22.2 Å². The second kappa shape index (κ2) is 7.47. The van der Waals surface area contributed by atoms with E-state index in [0.29, 0.717) is 10.5 Å². The van der Waals surface area contributed by atoms with Crippen LogP contribution in [0.5, 0.6) is 0 Å². The van der Waals surface area contributed by atoms with Crippen molar-refractivity contribution in [3.05, 3.63) is 75.8 Å². The molecule has 7 nitrogen and oxygen atoms in total. The molecule has 0 spiro atoms. The van der Waals surface area contributed by atoms with Crippen LogP contribution in [0.2, 0.25) is 0 Å². The molecule has 1 amide bonds. The Morgan fingerprint density at radius 3 is 2.71 bits per heavy atom. The summed E-state index contributed by atoms with van der Waals surface area (Å²) >= 11 is 0.122. The Labute approximate surface area is 163 Å². The quantitative estimate of drug-likeness (QED) is 0.299. The fourth-order valence-corrected chi connectivity index (χ4v) is 4.08.